The number of hydrogen-bond acceptors (Lipinski definition) is 5. The lowest BCUT2D eigenvalue weighted by Gasteiger charge is -2.29. The molecule has 35 heavy (non-hydrogen) atoms. The Bertz CT molecular complexity index is 1370. The van der Waals surface area contributed by atoms with Gasteiger partial charge in [0.05, 0.1) is 31.6 Å². The third kappa shape index (κ3) is 4.87. The number of benzene rings is 2. The zero-order chi connectivity index (χ0) is 26.4. The average molecular weight is 550 g/mol. The number of nitrogens with zero attached hydrogens (tertiary/aromatic N) is 3. The van der Waals surface area contributed by atoms with Gasteiger partial charge in [0, 0.05) is 23.8 Å². The van der Waals surface area contributed by atoms with E-state index in [9.17, 15) is 26.6 Å². The predicted molar refractivity (Wildman–Crippen MR) is 123 cm³/mol. The molecule has 6 nitrogen and oxygen atoms in total. The number of halogens is 6. The molecule has 0 saturated heterocycles. The van der Waals surface area contributed by atoms with Crippen molar-refractivity contribution in [1.82, 2.24) is 0 Å². The fourth-order valence-electron chi connectivity index (χ4n) is 3.06. The molecule has 1 heterocycles. The van der Waals surface area contributed by atoms with Gasteiger partial charge in [-0.15, -0.1) is 0 Å². The molecule has 0 saturated carbocycles. The first-order valence-corrected chi connectivity index (χ1v) is 12.5. The number of rotatable bonds is 4. The molecular weight excluding hydrogens is 533 g/mol. The quantitative estimate of drug-likeness (QED) is 0.332. The SMILES string of the molecule is CC(C)(C#N)S(C)(=O)=NC(=O)c1ccc(C2=NOC(c3cc(Cl)c(F)c(Cl)c3)(C(F)(F)F)C2)cc1. The van der Waals surface area contributed by atoms with Crippen LogP contribution < -0.4 is 0 Å². The van der Waals surface area contributed by atoms with Gasteiger partial charge in [-0.2, -0.15) is 22.8 Å². The van der Waals surface area contributed by atoms with Crippen molar-refractivity contribution in [3.63, 3.8) is 0 Å². The van der Waals surface area contributed by atoms with E-state index in [2.05, 4.69) is 9.52 Å². The van der Waals surface area contributed by atoms with Crippen LogP contribution in [0.25, 0.3) is 0 Å². The lowest BCUT2D eigenvalue weighted by Crippen LogP contribution is -2.42. The number of carbonyl (C=O) groups is 1. The topological polar surface area (TPSA) is 91.9 Å². The number of hydrogen-bond donors (Lipinski definition) is 0. The van der Waals surface area contributed by atoms with Crippen LogP contribution in [0.4, 0.5) is 17.6 Å². The number of amides is 1. The fourth-order valence-corrected chi connectivity index (χ4v) is 4.37. The van der Waals surface area contributed by atoms with Crippen LogP contribution in [0.1, 0.15) is 41.8 Å². The molecule has 2 aromatic rings. The molecule has 0 aromatic heterocycles. The van der Waals surface area contributed by atoms with E-state index in [0.717, 1.165) is 12.1 Å². The van der Waals surface area contributed by atoms with Crippen LogP contribution in [-0.2, 0) is 20.2 Å². The van der Waals surface area contributed by atoms with Crippen molar-refractivity contribution < 1.29 is 31.4 Å². The largest absolute Gasteiger partial charge is 0.435 e. The Morgan fingerprint density at radius 3 is 2.23 bits per heavy atom. The Morgan fingerprint density at radius 2 is 1.74 bits per heavy atom. The lowest BCUT2D eigenvalue weighted by molar-refractivity contribution is -0.275. The van der Waals surface area contributed by atoms with Crippen molar-refractivity contribution in [3.8, 4) is 6.07 Å². The minimum atomic E-state index is -4.97. The van der Waals surface area contributed by atoms with E-state index in [1.807, 2.05) is 6.07 Å². The summed E-state index contributed by atoms with van der Waals surface area (Å²) in [6, 6.07) is 8.62. The van der Waals surface area contributed by atoms with Crippen LogP contribution in [0.5, 0.6) is 0 Å². The maximum Gasteiger partial charge on any atom is 0.435 e. The number of nitriles is 1. The lowest BCUT2D eigenvalue weighted by atomic mass is 9.86. The van der Waals surface area contributed by atoms with Crippen LogP contribution in [0, 0.1) is 17.1 Å². The summed E-state index contributed by atoms with van der Waals surface area (Å²) in [7, 11) is -3.21. The summed E-state index contributed by atoms with van der Waals surface area (Å²) >= 11 is 11.4. The van der Waals surface area contributed by atoms with Gasteiger partial charge in [0.2, 0.25) is 0 Å². The predicted octanol–water partition coefficient (Wildman–Crippen LogP) is 6.25. The Hall–Kier alpha value is -2.68. The smallest absolute Gasteiger partial charge is 0.374 e. The molecule has 0 fully saturated rings. The molecule has 0 radical (unpaired) electrons. The summed E-state index contributed by atoms with van der Waals surface area (Å²) < 4.78 is 71.1. The van der Waals surface area contributed by atoms with Gasteiger partial charge >= 0.3 is 6.18 Å². The van der Waals surface area contributed by atoms with Gasteiger partial charge in [0.1, 0.15) is 4.75 Å². The van der Waals surface area contributed by atoms with Gasteiger partial charge < -0.3 is 4.84 Å². The number of carbonyl (C=O) groups excluding carboxylic acids is 1. The van der Waals surface area contributed by atoms with Crippen LogP contribution >= 0.6 is 23.2 Å². The maximum absolute atomic E-state index is 14.1. The van der Waals surface area contributed by atoms with Crippen molar-refractivity contribution in [1.29, 1.82) is 5.26 Å². The van der Waals surface area contributed by atoms with Crippen molar-refractivity contribution in [2.24, 2.45) is 9.52 Å². The molecule has 0 N–H and O–H groups in total. The summed E-state index contributed by atoms with van der Waals surface area (Å²) in [6.07, 6.45) is -4.55. The summed E-state index contributed by atoms with van der Waals surface area (Å²) in [6.45, 7) is 2.78. The Kier molecular flexibility index (Phi) is 6.98. The number of alkyl halides is 3. The van der Waals surface area contributed by atoms with Gasteiger partial charge in [-0.25, -0.2) is 8.60 Å². The monoisotopic (exact) mass is 549 g/mol. The van der Waals surface area contributed by atoms with Crippen LogP contribution in [0.15, 0.2) is 45.9 Å². The molecule has 0 aliphatic carbocycles. The second-order valence-corrected chi connectivity index (χ2v) is 11.9. The third-order valence-corrected chi connectivity index (χ3v) is 8.62. The van der Waals surface area contributed by atoms with E-state index in [0.29, 0.717) is 0 Å². The molecule has 1 aliphatic heterocycles. The second kappa shape index (κ2) is 9.08. The molecule has 2 unspecified atom stereocenters. The molecule has 186 valence electrons. The number of oxime groups is 1. The first-order valence-electron chi connectivity index (χ1n) is 9.79. The summed E-state index contributed by atoms with van der Waals surface area (Å²) in [4.78, 5) is 17.3. The molecule has 0 bridgehead atoms. The molecule has 2 atom stereocenters. The molecule has 0 spiro atoms. The molecule has 1 amide bonds. The molecule has 2 aromatic carbocycles. The van der Waals surface area contributed by atoms with Gasteiger partial charge in [0.15, 0.2) is 5.82 Å². The van der Waals surface area contributed by atoms with E-state index in [4.69, 9.17) is 33.3 Å². The van der Waals surface area contributed by atoms with E-state index in [1.54, 1.807) is 0 Å². The first kappa shape index (κ1) is 26.9. The van der Waals surface area contributed by atoms with E-state index >= 15 is 0 Å². The highest BCUT2D eigenvalue weighted by atomic mass is 35.5. The standard InChI is InChI=1S/C22H17Cl2F4N3O3S/c1-20(2,11-29)35(3,33)31-19(32)13-6-4-12(5-7-13)17-10-21(34-30-17,22(26,27)28)14-8-15(23)18(25)16(24)9-14/h4-9H,10H2,1-3H3. The average Bonchev–Trinajstić information content (AvgIpc) is 3.24. The molecule has 13 heteroatoms. The minimum absolute atomic E-state index is 0.00997. The van der Waals surface area contributed by atoms with Crippen LogP contribution in [0.3, 0.4) is 0 Å². The van der Waals surface area contributed by atoms with E-state index in [1.165, 1.54) is 44.4 Å². The normalized spacial score (nSPS) is 19.8. The minimum Gasteiger partial charge on any atom is -0.374 e. The molecule has 3 rings (SSSR count). The summed E-state index contributed by atoms with van der Waals surface area (Å²) in [5, 5.41) is 11.5. The highest BCUT2D eigenvalue weighted by Crippen LogP contribution is 2.50. The van der Waals surface area contributed by atoms with Crippen LogP contribution in [-0.4, -0.2) is 33.0 Å². The zero-order valence-corrected chi connectivity index (χ0v) is 20.7. The second-order valence-electron chi connectivity index (χ2n) is 8.28. The van der Waals surface area contributed by atoms with E-state index in [-0.39, 0.29) is 16.8 Å². The molecule has 1 aliphatic rings. The van der Waals surface area contributed by atoms with Crippen LogP contribution in [0.2, 0.25) is 10.0 Å². The van der Waals surface area contributed by atoms with Gasteiger partial charge in [-0.3, -0.25) is 4.79 Å². The Balaban J connectivity index is 1.92. The van der Waals surface area contributed by atoms with Crippen molar-refractivity contribution in [3.05, 3.63) is 69.0 Å². The highest BCUT2D eigenvalue weighted by molar-refractivity contribution is 7.94. The fraction of sp³-hybridized carbons (Fsp3) is 0.318. The van der Waals surface area contributed by atoms with Gasteiger partial charge in [-0.1, -0.05) is 40.5 Å². The Morgan fingerprint density at radius 1 is 1.20 bits per heavy atom. The molecular formula is C22H17Cl2F4N3O3S. The van der Waals surface area contributed by atoms with Gasteiger partial charge in [0.25, 0.3) is 11.5 Å². The van der Waals surface area contributed by atoms with Gasteiger partial charge in [-0.05, 0) is 43.7 Å². The summed E-state index contributed by atoms with van der Waals surface area (Å²) in [5.41, 5.74) is -3.36. The van der Waals surface area contributed by atoms with Crippen molar-refractivity contribution >= 4 is 44.5 Å². The van der Waals surface area contributed by atoms with Crippen molar-refractivity contribution in [2.45, 2.75) is 36.8 Å². The highest BCUT2D eigenvalue weighted by Gasteiger charge is 2.62. The van der Waals surface area contributed by atoms with E-state index < -0.39 is 60.0 Å². The zero-order valence-electron chi connectivity index (χ0n) is 18.4. The first-order chi connectivity index (χ1) is 16.0. The van der Waals surface area contributed by atoms with Crippen molar-refractivity contribution in [2.75, 3.05) is 6.26 Å². The summed E-state index contributed by atoms with van der Waals surface area (Å²) in [5.74, 6) is -1.91. The maximum atomic E-state index is 14.1. The Labute approximate surface area is 208 Å². The third-order valence-electron chi connectivity index (χ3n) is 5.57.